The third-order valence-corrected chi connectivity index (χ3v) is 5.16. The van der Waals surface area contributed by atoms with Crippen LogP contribution in [0.25, 0.3) is 5.70 Å². The molecule has 1 aromatic heterocycles. The van der Waals surface area contributed by atoms with Gasteiger partial charge in [-0.3, -0.25) is 9.98 Å². The van der Waals surface area contributed by atoms with E-state index in [-0.39, 0.29) is 0 Å². The number of rotatable bonds is 5. The first-order chi connectivity index (χ1) is 12.0. The summed E-state index contributed by atoms with van der Waals surface area (Å²) in [7, 11) is 1.82. The van der Waals surface area contributed by atoms with Crippen molar-refractivity contribution in [3.63, 3.8) is 0 Å². The van der Waals surface area contributed by atoms with E-state index >= 15 is 0 Å². The Morgan fingerprint density at radius 3 is 2.60 bits per heavy atom. The van der Waals surface area contributed by atoms with Crippen molar-refractivity contribution < 1.29 is 9.84 Å². The molecule has 0 saturated heterocycles. The Morgan fingerprint density at radius 1 is 1.24 bits per heavy atom. The number of nitrogens with zero attached hydrogens (tertiary/aromatic N) is 3. The number of aliphatic hydroxyl groups is 1. The summed E-state index contributed by atoms with van der Waals surface area (Å²) in [4.78, 5) is 11.3. The highest BCUT2D eigenvalue weighted by molar-refractivity contribution is 5.76. The van der Waals surface area contributed by atoms with E-state index in [9.17, 15) is 5.11 Å². The molecule has 5 heteroatoms. The van der Waals surface area contributed by atoms with Gasteiger partial charge in [0.1, 0.15) is 5.60 Å². The maximum atomic E-state index is 10.0. The van der Waals surface area contributed by atoms with Gasteiger partial charge < -0.3 is 14.7 Å². The quantitative estimate of drug-likeness (QED) is 0.892. The van der Waals surface area contributed by atoms with Gasteiger partial charge in [-0.2, -0.15) is 0 Å². The summed E-state index contributed by atoms with van der Waals surface area (Å²) in [5, 5.41) is 10.0. The molecule has 0 amide bonds. The predicted octanol–water partition coefficient (Wildman–Crippen LogP) is 3.20. The topological polar surface area (TPSA) is 58.0 Å². The maximum absolute atomic E-state index is 10.0. The van der Waals surface area contributed by atoms with E-state index in [0.29, 0.717) is 11.8 Å². The zero-order valence-corrected chi connectivity index (χ0v) is 15.5. The second-order valence-electron chi connectivity index (χ2n) is 7.65. The largest absolute Gasteiger partial charge is 0.384 e. The van der Waals surface area contributed by atoms with Gasteiger partial charge in [0, 0.05) is 37.8 Å². The summed E-state index contributed by atoms with van der Waals surface area (Å²) in [6.45, 7) is 5.42. The Hall–Kier alpha value is -1.72. The van der Waals surface area contributed by atoms with E-state index in [1.807, 2.05) is 25.5 Å². The molecule has 0 unspecified atom stereocenters. The molecular weight excluding hydrogens is 314 g/mol. The third kappa shape index (κ3) is 4.67. The van der Waals surface area contributed by atoms with Gasteiger partial charge in [0.2, 0.25) is 0 Å². The molecule has 0 atom stereocenters. The summed E-state index contributed by atoms with van der Waals surface area (Å²) in [6.07, 6.45) is 11.2. The molecule has 0 aromatic carbocycles. The van der Waals surface area contributed by atoms with Gasteiger partial charge in [0.25, 0.3) is 0 Å². The van der Waals surface area contributed by atoms with Crippen LogP contribution in [0.2, 0.25) is 0 Å². The molecule has 5 nitrogen and oxygen atoms in total. The van der Waals surface area contributed by atoms with Crippen molar-refractivity contribution in [2.75, 3.05) is 20.2 Å². The molecule has 3 rings (SSSR count). The first-order valence-electron chi connectivity index (χ1n) is 9.16. The molecule has 2 aliphatic rings. The molecule has 2 heterocycles. The van der Waals surface area contributed by atoms with Crippen LogP contribution in [0.15, 0.2) is 29.5 Å². The minimum Gasteiger partial charge on any atom is -0.384 e. The lowest BCUT2D eigenvalue weighted by Crippen LogP contribution is -2.32. The van der Waals surface area contributed by atoms with E-state index < -0.39 is 5.60 Å². The Bertz CT molecular complexity index is 623. The highest BCUT2D eigenvalue weighted by Crippen LogP contribution is 2.28. The Balaban J connectivity index is 1.63. The van der Waals surface area contributed by atoms with Crippen molar-refractivity contribution in [1.82, 2.24) is 9.88 Å². The molecule has 25 heavy (non-hydrogen) atoms. The number of aliphatic imine (C=N–C) groups is 1. The standard InChI is InChI=1S/C20H29N3O2/c1-20(2,24)19-9-6-16(12-22-19)18-14-23(11-10-21-18)13-15-4-7-17(25-3)8-5-15/h6,9-10,12,14-15,17,24H,4-5,7-8,11,13H2,1-3H3. The van der Waals surface area contributed by atoms with Crippen LogP contribution < -0.4 is 0 Å². The van der Waals surface area contributed by atoms with E-state index in [4.69, 9.17) is 4.74 Å². The minimum atomic E-state index is -0.921. The lowest BCUT2D eigenvalue weighted by molar-refractivity contribution is 0.0531. The van der Waals surface area contributed by atoms with Gasteiger partial charge in [0.05, 0.1) is 24.0 Å². The van der Waals surface area contributed by atoms with Crippen molar-refractivity contribution in [2.45, 2.75) is 51.2 Å². The van der Waals surface area contributed by atoms with Crippen LogP contribution in [0.1, 0.15) is 50.8 Å². The normalized spacial score (nSPS) is 24.3. The molecule has 0 bridgehead atoms. The van der Waals surface area contributed by atoms with Crippen molar-refractivity contribution in [3.8, 4) is 0 Å². The van der Waals surface area contributed by atoms with Crippen molar-refractivity contribution in [2.24, 2.45) is 10.9 Å². The lowest BCUT2D eigenvalue weighted by atomic mass is 9.87. The fourth-order valence-electron chi connectivity index (χ4n) is 3.57. The van der Waals surface area contributed by atoms with E-state index in [2.05, 4.69) is 21.1 Å². The van der Waals surface area contributed by atoms with E-state index in [0.717, 1.165) is 30.3 Å². The number of ether oxygens (including phenoxy) is 1. The molecule has 1 saturated carbocycles. The maximum Gasteiger partial charge on any atom is 0.101 e. The van der Waals surface area contributed by atoms with Crippen LogP contribution in [0.4, 0.5) is 0 Å². The zero-order valence-electron chi connectivity index (χ0n) is 15.5. The SMILES string of the molecule is COC1CCC(CN2C=C(c3ccc(C(C)(C)O)nc3)N=CC2)CC1. The second kappa shape index (κ2) is 7.67. The van der Waals surface area contributed by atoms with Gasteiger partial charge >= 0.3 is 0 Å². The van der Waals surface area contributed by atoms with Gasteiger partial charge in [-0.1, -0.05) is 0 Å². The van der Waals surface area contributed by atoms with Crippen LogP contribution in [0.3, 0.4) is 0 Å². The highest BCUT2D eigenvalue weighted by Gasteiger charge is 2.23. The fourth-order valence-corrected chi connectivity index (χ4v) is 3.57. The molecular formula is C20H29N3O2. The highest BCUT2D eigenvalue weighted by atomic mass is 16.5. The molecule has 0 spiro atoms. The van der Waals surface area contributed by atoms with Crippen LogP contribution in [-0.2, 0) is 10.3 Å². The molecule has 1 aromatic rings. The van der Waals surface area contributed by atoms with Gasteiger partial charge in [0.15, 0.2) is 0 Å². The van der Waals surface area contributed by atoms with Crippen LogP contribution >= 0.6 is 0 Å². The predicted molar refractivity (Wildman–Crippen MR) is 100 cm³/mol. The monoisotopic (exact) mass is 343 g/mol. The average Bonchev–Trinajstić information content (AvgIpc) is 2.62. The number of aromatic nitrogens is 1. The van der Waals surface area contributed by atoms with Crippen molar-refractivity contribution in [3.05, 3.63) is 35.8 Å². The molecule has 1 fully saturated rings. The van der Waals surface area contributed by atoms with Gasteiger partial charge in [-0.25, -0.2) is 0 Å². The summed E-state index contributed by atoms with van der Waals surface area (Å²) in [6, 6.07) is 3.85. The first-order valence-corrected chi connectivity index (χ1v) is 9.16. The average molecular weight is 343 g/mol. The summed E-state index contributed by atoms with van der Waals surface area (Å²) < 4.78 is 5.47. The molecule has 136 valence electrons. The molecule has 0 radical (unpaired) electrons. The van der Waals surface area contributed by atoms with Crippen LogP contribution in [-0.4, -0.2) is 47.5 Å². The number of pyridine rings is 1. The molecule has 1 N–H and O–H groups in total. The van der Waals surface area contributed by atoms with Crippen LogP contribution in [0, 0.1) is 5.92 Å². The van der Waals surface area contributed by atoms with Gasteiger partial charge in [-0.15, -0.1) is 0 Å². The first kappa shape index (κ1) is 18.1. The number of methoxy groups -OCH3 is 1. The van der Waals surface area contributed by atoms with Crippen molar-refractivity contribution >= 4 is 11.9 Å². The minimum absolute atomic E-state index is 0.450. The molecule has 1 aliphatic carbocycles. The fraction of sp³-hybridized carbons (Fsp3) is 0.600. The summed E-state index contributed by atoms with van der Waals surface area (Å²) >= 11 is 0. The number of hydrogen-bond acceptors (Lipinski definition) is 5. The Kier molecular flexibility index (Phi) is 5.54. The number of hydrogen-bond donors (Lipinski definition) is 1. The lowest BCUT2D eigenvalue weighted by Gasteiger charge is -2.32. The summed E-state index contributed by atoms with van der Waals surface area (Å²) in [5.41, 5.74) is 1.67. The smallest absolute Gasteiger partial charge is 0.101 e. The van der Waals surface area contributed by atoms with Gasteiger partial charge in [-0.05, 0) is 57.6 Å². The van der Waals surface area contributed by atoms with Crippen LogP contribution in [0.5, 0.6) is 0 Å². The third-order valence-electron chi connectivity index (χ3n) is 5.16. The second-order valence-corrected chi connectivity index (χ2v) is 7.65. The van der Waals surface area contributed by atoms with E-state index in [1.54, 1.807) is 20.0 Å². The molecule has 1 aliphatic heterocycles. The zero-order chi connectivity index (χ0) is 17.9. The van der Waals surface area contributed by atoms with Crippen molar-refractivity contribution in [1.29, 1.82) is 0 Å². The Labute approximate surface area is 150 Å². The van der Waals surface area contributed by atoms with E-state index in [1.165, 1.54) is 25.7 Å². The Morgan fingerprint density at radius 2 is 2.00 bits per heavy atom. The summed E-state index contributed by atoms with van der Waals surface area (Å²) in [5.74, 6) is 0.728.